The van der Waals surface area contributed by atoms with E-state index in [1.165, 1.54) is 13.0 Å². The minimum atomic E-state index is -1.61. The van der Waals surface area contributed by atoms with Gasteiger partial charge in [-0.3, -0.25) is 4.79 Å². The first kappa shape index (κ1) is 40.8. The van der Waals surface area contributed by atoms with Crippen LogP contribution in [0.15, 0.2) is 60.3 Å². The van der Waals surface area contributed by atoms with Gasteiger partial charge < -0.3 is 55.8 Å². The molecular formula is C33H54O12. The number of aliphatic hydroxyl groups excluding tert-OH is 10. The molecule has 12 nitrogen and oxygen atoms in total. The van der Waals surface area contributed by atoms with Crippen LogP contribution in [0.1, 0.15) is 65.7 Å². The summed E-state index contributed by atoms with van der Waals surface area (Å²) >= 11 is 0. The van der Waals surface area contributed by atoms with Crippen LogP contribution in [0.3, 0.4) is 0 Å². The second kappa shape index (κ2) is 21.5. The van der Waals surface area contributed by atoms with Gasteiger partial charge in [-0.1, -0.05) is 68.0 Å². The third-order valence-electron chi connectivity index (χ3n) is 7.65. The summed E-state index contributed by atoms with van der Waals surface area (Å²) < 4.78 is 5.35. The summed E-state index contributed by atoms with van der Waals surface area (Å²) in [6.07, 6.45) is -1.28. The molecule has 0 saturated carbocycles. The normalized spacial score (nSPS) is 36.9. The molecule has 0 radical (unpaired) electrons. The minimum absolute atomic E-state index is 0.162. The summed E-state index contributed by atoms with van der Waals surface area (Å²) in [5.74, 6) is -2.39. The van der Waals surface area contributed by atoms with Gasteiger partial charge in [0.25, 0.3) is 0 Å². The van der Waals surface area contributed by atoms with Crippen LogP contribution in [0.25, 0.3) is 0 Å². The van der Waals surface area contributed by atoms with E-state index in [2.05, 4.69) is 0 Å². The summed E-state index contributed by atoms with van der Waals surface area (Å²) in [7, 11) is 0. The molecule has 0 saturated heterocycles. The van der Waals surface area contributed by atoms with E-state index in [1.807, 2.05) is 0 Å². The van der Waals surface area contributed by atoms with Gasteiger partial charge in [-0.25, -0.2) is 0 Å². The number of carbonyl (C=O) groups is 1. The Balaban J connectivity index is 3.17. The van der Waals surface area contributed by atoms with E-state index < -0.39 is 85.5 Å². The summed E-state index contributed by atoms with van der Waals surface area (Å²) in [6.45, 7) is 4.79. The smallest absolute Gasteiger partial charge is 0.314 e. The number of allylic oxidation sites excluding steroid dienone is 8. The number of hydrogen-bond donors (Lipinski definition) is 10. The summed E-state index contributed by atoms with van der Waals surface area (Å²) in [5, 5.41) is 105. The van der Waals surface area contributed by atoms with Crippen LogP contribution in [-0.2, 0) is 9.53 Å². The molecule has 0 aliphatic carbocycles. The minimum Gasteiger partial charge on any atom is -0.459 e. The second-order valence-corrected chi connectivity index (χ2v) is 11.8. The molecule has 0 fully saturated rings. The zero-order chi connectivity index (χ0) is 34.1. The van der Waals surface area contributed by atoms with E-state index in [0.29, 0.717) is 12.0 Å². The monoisotopic (exact) mass is 642 g/mol. The van der Waals surface area contributed by atoms with Gasteiger partial charge in [0.05, 0.1) is 42.7 Å². The summed E-state index contributed by atoms with van der Waals surface area (Å²) in [5.41, 5.74) is 0.356. The van der Waals surface area contributed by atoms with Crippen LogP contribution in [0.2, 0.25) is 0 Å². The highest BCUT2D eigenvalue weighted by molar-refractivity contribution is 5.74. The third-order valence-corrected chi connectivity index (χ3v) is 7.65. The molecule has 0 aromatic carbocycles. The number of rotatable bonds is 3. The Hall–Kier alpha value is -2.23. The largest absolute Gasteiger partial charge is 0.459 e. The van der Waals surface area contributed by atoms with Crippen LogP contribution < -0.4 is 0 Å². The molecule has 12 heteroatoms. The van der Waals surface area contributed by atoms with Gasteiger partial charge in [0.2, 0.25) is 0 Å². The maximum Gasteiger partial charge on any atom is 0.314 e. The first-order valence-electron chi connectivity index (χ1n) is 15.5. The van der Waals surface area contributed by atoms with Crippen LogP contribution in [0.5, 0.6) is 0 Å². The Labute approximate surface area is 265 Å². The van der Waals surface area contributed by atoms with Crippen LogP contribution in [0.4, 0.5) is 0 Å². The number of esters is 1. The van der Waals surface area contributed by atoms with E-state index in [9.17, 15) is 55.9 Å². The molecule has 1 unspecified atom stereocenters. The maximum atomic E-state index is 13.0. The van der Waals surface area contributed by atoms with E-state index in [-0.39, 0.29) is 32.1 Å². The average Bonchev–Trinajstić information content (AvgIpc) is 2.94. The molecule has 45 heavy (non-hydrogen) atoms. The molecule has 0 amide bonds. The molecule has 258 valence electrons. The first-order valence-corrected chi connectivity index (χ1v) is 15.5. The average molecular weight is 643 g/mol. The van der Waals surface area contributed by atoms with Gasteiger partial charge in [-0.05, 0) is 45.1 Å². The van der Waals surface area contributed by atoms with Gasteiger partial charge in [-0.2, -0.15) is 0 Å². The second-order valence-electron chi connectivity index (χ2n) is 11.8. The van der Waals surface area contributed by atoms with Crippen LogP contribution in [0, 0.1) is 5.92 Å². The van der Waals surface area contributed by atoms with Crippen molar-refractivity contribution in [1.82, 2.24) is 0 Å². The van der Waals surface area contributed by atoms with Crippen molar-refractivity contribution in [2.75, 3.05) is 0 Å². The summed E-state index contributed by atoms with van der Waals surface area (Å²) in [4.78, 5) is 13.0. The molecule has 0 aromatic heterocycles. The molecular weight excluding hydrogens is 588 g/mol. The van der Waals surface area contributed by atoms with Gasteiger partial charge in [0, 0.05) is 12.8 Å². The predicted octanol–water partition coefficient (Wildman–Crippen LogP) is 0.0786. The number of aliphatic hydroxyl groups is 10. The lowest BCUT2D eigenvalue weighted by atomic mass is 9.88. The van der Waals surface area contributed by atoms with Gasteiger partial charge in [0.15, 0.2) is 0 Å². The maximum absolute atomic E-state index is 13.0. The molecule has 0 bridgehead atoms. The molecule has 10 N–H and O–H groups in total. The van der Waals surface area contributed by atoms with Gasteiger partial charge in [-0.15, -0.1) is 0 Å². The Morgan fingerprint density at radius 3 is 1.73 bits per heavy atom. The summed E-state index contributed by atoms with van der Waals surface area (Å²) in [6, 6.07) is 0. The molecule has 1 heterocycles. The fourth-order valence-corrected chi connectivity index (χ4v) is 4.99. The van der Waals surface area contributed by atoms with Crippen molar-refractivity contribution in [3.05, 3.63) is 60.3 Å². The van der Waals surface area contributed by atoms with Crippen LogP contribution in [-0.4, -0.2) is 124 Å². The fourth-order valence-electron chi connectivity index (χ4n) is 4.99. The lowest BCUT2D eigenvalue weighted by Gasteiger charge is -2.29. The highest BCUT2D eigenvalue weighted by Gasteiger charge is 2.37. The number of ether oxygens (including phenoxy) is 1. The van der Waals surface area contributed by atoms with Gasteiger partial charge in [0.1, 0.15) is 30.3 Å². The highest BCUT2D eigenvalue weighted by atomic mass is 16.6. The molecule has 0 aromatic rings. The quantitative estimate of drug-likeness (QED) is 0.185. The fraction of sp³-hybridized carbons (Fsp3) is 0.667. The van der Waals surface area contributed by atoms with Crippen molar-refractivity contribution >= 4 is 5.97 Å². The number of cyclic esters (lactones) is 1. The van der Waals surface area contributed by atoms with Crippen molar-refractivity contribution in [3.8, 4) is 0 Å². The SMILES string of the molecule is CCC[C@H](O)[C@H]1C(=O)O[C@@H](C)[C@@H](O)C=CC=CC=CC=CC=C(C)[C@H](O)C(O)[C@H](O)C[C@H](O)C[C@H](O)C[C@H](O)C[C@@H](O)C[C@H]1O. The zero-order valence-electron chi connectivity index (χ0n) is 26.4. The van der Waals surface area contributed by atoms with E-state index in [1.54, 1.807) is 62.5 Å². The standard InChI is InChI=1S/C33H54O12/c1-4-12-27(39)30-28(40)18-24(36)16-22(34)15-23(35)17-25(37)19-29(41)32(43)31(42)20(2)13-10-8-6-5-7-9-11-14-26(38)21(3)45-33(30)44/h5-11,13-14,21-32,34-43H,4,12,15-19H2,1-3H3/t21-,22-,23+,24+,25+,26-,27-,28+,29+,30+,31-,32?/m0/s1. The van der Waals surface area contributed by atoms with Crippen molar-refractivity contribution in [2.24, 2.45) is 5.92 Å². The number of hydrogen-bond acceptors (Lipinski definition) is 12. The Kier molecular flexibility index (Phi) is 19.5. The van der Waals surface area contributed by atoms with E-state index in [0.717, 1.165) is 0 Å². The highest BCUT2D eigenvalue weighted by Crippen LogP contribution is 2.23. The van der Waals surface area contributed by atoms with Crippen LogP contribution >= 0.6 is 0 Å². The Morgan fingerprint density at radius 1 is 0.733 bits per heavy atom. The van der Waals surface area contributed by atoms with Crippen molar-refractivity contribution in [2.45, 2.75) is 133 Å². The Bertz CT molecular complexity index is 992. The molecule has 1 aliphatic heterocycles. The van der Waals surface area contributed by atoms with Crippen molar-refractivity contribution < 1.29 is 60.6 Å². The lowest BCUT2D eigenvalue weighted by molar-refractivity contribution is -0.168. The zero-order valence-corrected chi connectivity index (χ0v) is 26.4. The molecule has 0 spiro atoms. The number of carbonyl (C=O) groups excluding carboxylic acids is 1. The van der Waals surface area contributed by atoms with E-state index >= 15 is 0 Å². The van der Waals surface area contributed by atoms with Crippen molar-refractivity contribution in [1.29, 1.82) is 0 Å². The topological polar surface area (TPSA) is 229 Å². The third kappa shape index (κ3) is 15.7. The van der Waals surface area contributed by atoms with Crippen molar-refractivity contribution in [3.63, 3.8) is 0 Å². The molecule has 1 aliphatic rings. The van der Waals surface area contributed by atoms with E-state index in [4.69, 9.17) is 4.74 Å². The predicted molar refractivity (Wildman–Crippen MR) is 167 cm³/mol. The molecule has 1 rings (SSSR count). The van der Waals surface area contributed by atoms with Gasteiger partial charge >= 0.3 is 5.97 Å². The Morgan fingerprint density at radius 2 is 1.20 bits per heavy atom. The molecule has 12 atom stereocenters. The first-order chi connectivity index (χ1) is 21.2. The lowest BCUT2D eigenvalue weighted by Crippen LogP contribution is -2.43.